The number of amides is 2. The zero-order chi connectivity index (χ0) is 81.6. The van der Waals surface area contributed by atoms with E-state index in [0.29, 0.717) is 75.0 Å². The number of nitrogens with zero attached hydrogens (tertiary/aromatic N) is 3. The van der Waals surface area contributed by atoms with E-state index < -0.39 is 164 Å². The number of H-pyrrole nitrogens is 1. The van der Waals surface area contributed by atoms with Crippen molar-refractivity contribution in [2.75, 3.05) is 65.5 Å². The van der Waals surface area contributed by atoms with Gasteiger partial charge in [0.05, 0.1) is 61.5 Å². The lowest BCUT2D eigenvalue weighted by molar-refractivity contribution is -0.346. The Morgan fingerprint density at radius 1 is 0.850 bits per heavy atom. The Balaban J connectivity index is 0.000000187. The average Bonchev–Trinajstić information content (AvgIpc) is 1.56. The second-order valence-corrected chi connectivity index (χ2v) is 35.1. The van der Waals surface area contributed by atoms with Crippen molar-refractivity contribution < 1.29 is 102 Å². The van der Waals surface area contributed by atoms with Gasteiger partial charge in [0.2, 0.25) is 0 Å². The number of esters is 4. The highest BCUT2D eigenvalue weighted by Gasteiger charge is 2.80. The third-order valence-corrected chi connectivity index (χ3v) is 27.8. The van der Waals surface area contributed by atoms with Gasteiger partial charge in [-0.25, -0.2) is 14.4 Å². The number of primary amides is 1. The third kappa shape index (κ3) is 12.2. The topological polar surface area (TPSA) is 389 Å². The van der Waals surface area contributed by atoms with Crippen LogP contribution >= 0.6 is 0 Å². The molecule has 0 radical (unpaired) electrons. The summed E-state index contributed by atoms with van der Waals surface area (Å²) in [5.74, 6) is -6.36. The molecule has 3 saturated carbocycles. The summed E-state index contributed by atoms with van der Waals surface area (Å²) in [5, 5.41) is 89.5. The molecule has 27 nitrogen and oxygen atoms in total. The number of likely N-dealkylation sites (N-methyl/N-ethyl adjacent to an activating group) is 1. The molecular weight excluding hydrogens is 1450 g/mol. The fraction of sp³-hybridized carbons (Fsp3) is 0.570. The second-order valence-electron chi connectivity index (χ2n) is 35.1. The molecule has 2 amide bonds. The number of fused-ring (bicyclic) bond motifs is 11. The number of nitrogens with two attached hydrogens (primary N) is 1. The number of piperidine rings is 1. The minimum Gasteiger partial charge on any atom is -0.496 e. The molecule has 7 heterocycles. The Kier molecular flexibility index (Phi) is 20.6. The lowest BCUT2D eigenvalue weighted by Crippen LogP contribution is -2.81. The minimum atomic E-state index is -2.35. The Labute approximate surface area is 657 Å². The van der Waals surface area contributed by atoms with Crippen LogP contribution in [0.1, 0.15) is 159 Å². The van der Waals surface area contributed by atoms with Crippen molar-refractivity contribution in [1.82, 2.24) is 20.1 Å². The van der Waals surface area contributed by atoms with Gasteiger partial charge >= 0.3 is 30.0 Å². The summed E-state index contributed by atoms with van der Waals surface area (Å²) in [7, 11) is 4.89. The van der Waals surface area contributed by atoms with Gasteiger partial charge in [0.25, 0.3) is 5.91 Å². The highest BCUT2D eigenvalue weighted by molar-refractivity contribution is 5.96. The number of aromatic amines is 1. The van der Waals surface area contributed by atoms with Gasteiger partial charge in [-0.2, -0.15) is 0 Å². The highest BCUT2D eigenvalue weighted by atomic mass is 16.6. The monoisotopic (exact) mass is 1560 g/mol. The number of ether oxygens (including phenoxy) is 7. The highest BCUT2D eigenvalue weighted by Crippen LogP contribution is 2.69. The molecule has 1 spiro atoms. The van der Waals surface area contributed by atoms with E-state index in [1.54, 1.807) is 90.3 Å². The second kappa shape index (κ2) is 28.7. The number of carbonyl (C=O) groups excluding carboxylic acids is 7. The summed E-state index contributed by atoms with van der Waals surface area (Å²) < 4.78 is 41.7. The van der Waals surface area contributed by atoms with E-state index in [2.05, 4.69) is 32.2 Å². The number of alkyl carbamates (subject to hydrolysis) is 1. The van der Waals surface area contributed by atoms with Crippen molar-refractivity contribution >= 4 is 58.3 Å². The van der Waals surface area contributed by atoms with Crippen LogP contribution in [0.2, 0.25) is 0 Å². The van der Waals surface area contributed by atoms with Crippen LogP contribution in [-0.2, 0) is 69.6 Å². The van der Waals surface area contributed by atoms with Crippen LogP contribution < -0.4 is 20.7 Å². The third-order valence-electron chi connectivity index (χ3n) is 27.8. The number of aliphatic hydroxyl groups is 7. The quantitative estimate of drug-likeness (QED) is 0.0346. The van der Waals surface area contributed by atoms with Gasteiger partial charge in [-0.05, 0) is 138 Å². The van der Waals surface area contributed by atoms with E-state index in [0.717, 1.165) is 53.4 Å². The van der Waals surface area contributed by atoms with E-state index >= 15 is 4.79 Å². The first-order valence-corrected chi connectivity index (χ1v) is 39.3. The zero-order valence-corrected chi connectivity index (χ0v) is 66.5. The molecule has 113 heavy (non-hydrogen) atoms. The summed E-state index contributed by atoms with van der Waals surface area (Å²) in [6.07, 6.45) is -5.70. The van der Waals surface area contributed by atoms with Gasteiger partial charge in [0.15, 0.2) is 23.1 Å². The van der Waals surface area contributed by atoms with Gasteiger partial charge in [-0.15, -0.1) is 0 Å². The smallest absolute Gasteiger partial charge is 0.408 e. The number of hydrogen-bond acceptors (Lipinski definition) is 24. The van der Waals surface area contributed by atoms with Crippen LogP contribution in [0, 0.1) is 28.1 Å². The number of ketones is 1. The van der Waals surface area contributed by atoms with E-state index in [1.165, 1.54) is 33.1 Å². The number of nitrogens with one attached hydrogen (secondary N) is 2. The van der Waals surface area contributed by atoms with Crippen molar-refractivity contribution in [3.8, 4) is 5.75 Å². The normalized spacial score (nSPS) is 36.3. The van der Waals surface area contributed by atoms with E-state index in [1.807, 2.05) is 62.2 Å². The summed E-state index contributed by atoms with van der Waals surface area (Å²) in [6.45, 7) is 19.2. The number of aromatic nitrogens is 1. The Morgan fingerprint density at radius 2 is 1.53 bits per heavy atom. The molecular formula is C86H108N6O21. The van der Waals surface area contributed by atoms with E-state index in [4.69, 9.17) is 38.9 Å². The van der Waals surface area contributed by atoms with Crippen molar-refractivity contribution in [2.45, 2.75) is 220 Å². The van der Waals surface area contributed by atoms with Crippen LogP contribution in [0.25, 0.3) is 10.9 Å². The molecule has 11 N–H and O–H groups in total. The number of rotatable bonds is 14. The predicted molar refractivity (Wildman–Crippen MR) is 412 cm³/mol. The number of Topliss-reactive ketones (excluding diaryl/α,β-unsaturated/α-hetero) is 1. The standard InChI is InChI=1S/C43H55N5O7.C43H53NO14/c1-6-39(52)21-25-22-42(38(51)55-5,33-27(13-17-47(23-25)24-39)26-11-8-9-12-30(26)45-33)29-19-28-31(20-32(29)54-4)46(3)35-41(28)15-18-48-16-10-14-40(7-2,34(41)48)36(49)43(35,53)37(44)50;1-22-26(55-37(51)32(48)30(24-15-11-9-12-16-24)44-38(52)58-39(3,4)5)20-43(53)35(56-36(50)25-17-13-10-14-18-25)33-41(8,34(49)31(47)29(22)40(43,6)7)27(46)19-28-42(33,21-54-28)57-23(2)45/h8-12,14,19-20,25,34-36,45,49,52-53H,6-7,13,15-18,21-24H2,1-5H3,(H2,44,50);9-18,26-28,30-33,35,46-48,53H,19-21H2,1-8H3,(H,44,52)/t25-,34+,35-,36-,39+,40-,41-,42+,43+;26-,27-,28+,30-,31+,32+,33-,35-,41+,42-,43+/m10/s1. The molecule has 4 aliphatic carbocycles. The Hall–Kier alpha value is -8.61. The summed E-state index contributed by atoms with van der Waals surface area (Å²) in [4.78, 5) is 108. The van der Waals surface area contributed by atoms with Crippen LogP contribution in [-0.4, -0.2) is 236 Å². The van der Waals surface area contributed by atoms with Gasteiger partial charge in [-0.3, -0.25) is 29.0 Å². The number of hydrogen-bond donors (Lipinski definition) is 10. The molecule has 1 aromatic heterocycles. The Bertz CT molecular complexity index is 4680. The van der Waals surface area contributed by atoms with E-state index in [-0.39, 0.29) is 41.7 Å². The van der Waals surface area contributed by atoms with Crippen LogP contribution in [0.3, 0.4) is 0 Å². The largest absolute Gasteiger partial charge is 0.496 e. The maximum atomic E-state index is 15.2. The lowest BCUT2D eigenvalue weighted by Gasteiger charge is -2.67. The first kappa shape index (κ1) is 81.0. The molecule has 10 aliphatic rings. The predicted octanol–water partition coefficient (Wildman–Crippen LogP) is 5.99. The fourth-order valence-electron chi connectivity index (χ4n) is 22.6. The molecule has 3 saturated heterocycles. The molecule has 21 atom stereocenters. The average molecular weight is 1560 g/mol. The molecule has 4 aromatic carbocycles. The van der Waals surface area contributed by atoms with Gasteiger partial charge < -0.3 is 89.8 Å². The molecule has 27 heteroatoms. The summed E-state index contributed by atoms with van der Waals surface area (Å²) >= 11 is 0. The molecule has 5 aromatic rings. The number of aliphatic hydroxyl groups excluding tert-OH is 4. The van der Waals surface area contributed by atoms with Gasteiger partial charge in [-0.1, -0.05) is 107 Å². The first-order valence-electron chi connectivity index (χ1n) is 39.3. The SMILES string of the molecule is CC(=O)O[C@@]12CO[C@@H]1C[C@H](O)[C@@]1(C)C(=O)[C@H](O)C3=C(C)[C@@H](OC(=O)[C@H](O)[C@@H](NC(=O)OC(C)(C)C)c4ccccc4)C[C@@](O)([C@@H](OC(=O)c4ccccc4)[C@H]21)C3(C)C.CC[C@]1(O)C[C@H]2CN(CCc3c([nH]c4ccccc34)[C@@](C(=O)OC)(c3cc4c(cc3OC)N(C)[C@H]3[C@@](O)(C(N)=O)[C@H](O)[C@]5(CC)C=CCN6CC[C@]43[C@@H]65)C2)C1. The van der Waals surface area contributed by atoms with E-state index in [9.17, 15) is 64.5 Å². The lowest BCUT2D eigenvalue weighted by atomic mass is 9.44. The number of methoxy groups -OCH3 is 2. The number of para-hydroxylation sites is 1. The minimum absolute atomic E-state index is 0.0637. The number of carbonyl (C=O) groups is 7. The van der Waals surface area contributed by atoms with Crippen molar-refractivity contribution in [1.29, 1.82) is 0 Å². The zero-order valence-electron chi connectivity index (χ0n) is 66.5. The van der Waals surface area contributed by atoms with Crippen LogP contribution in [0.15, 0.2) is 120 Å². The molecule has 608 valence electrons. The van der Waals surface area contributed by atoms with Crippen molar-refractivity contribution in [3.63, 3.8) is 0 Å². The maximum absolute atomic E-state index is 15.2. The van der Waals surface area contributed by atoms with Crippen molar-refractivity contribution in [3.05, 3.63) is 154 Å². The number of anilines is 1. The number of benzene rings is 4. The first-order chi connectivity index (χ1) is 53.3. The Morgan fingerprint density at radius 3 is 2.16 bits per heavy atom. The van der Waals surface area contributed by atoms with Crippen molar-refractivity contribution in [2.24, 2.45) is 33.8 Å². The molecule has 6 aliphatic heterocycles. The fourth-order valence-corrected chi connectivity index (χ4v) is 22.6. The molecule has 1 unspecified atom stereocenters. The molecule has 6 fully saturated rings. The summed E-state index contributed by atoms with van der Waals surface area (Å²) in [6, 6.07) is 25.6. The molecule has 15 rings (SSSR count). The van der Waals surface area contributed by atoms with Crippen LogP contribution in [0.4, 0.5) is 10.5 Å². The van der Waals surface area contributed by atoms with Gasteiger partial charge in [0.1, 0.15) is 52.9 Å². The van der Waals surface area contributed by atoms with Crippen LogP contribution in [0.5, 0.6) is 5.75 Å². The molecule has 4 bridgehead atoms. The maximum Gasteiger partial charge on any atom is 0.408 e. The van der Waals surface area contributed by atoms with Gasteiger partial charge in [0, 0.05) is 109 Å². The summed E-state index contributed by atoms with van der Waals surface area (Å²) in [5.41, 5.74) is -3.41.